The number of hydrogen-bond donors (Lipinski definition) is 2. The van der Waals surface area contributed by atoms with Crippen LogP contribution in [0, 0.1) is 0 Å². The third-order valence-corrected chi connectivity index (χ3v) is 3.01. The maximum absolute atomic E-state index is 10.9. The molecule has 0 aromatic heterocycles. The SMILES string of the molecule is Cl.NC(=O)c1ccc2c(c1)NCCS2. The normalized spacial score (nSPS) is 13.4. The molecule has 14 heavy (non-hydrogen) atoms. The van der Waals surface area contributed by atoms with Crippen LogP contribution in [0.15, 0.2) is 23.1 Å². The fourth-order valence-corrected chi connectivity index (χ4v) is 2.17. The number of thioether (sulfide) groups is 1. The van der Waals surface area contributed by atoms with Crippen LogP contribution in [-0.4, -0.2) is 18.2 Å². The number of carbonyl (C=O) groups excluding carboxylic acids is 1. The van der Waals surface area contributed by atoms with Gasteiger partial charge in [-0.2, -0.15) is 0 Å². The largest absolute Gasteiger partial charge is 0.383 e. The minimum absolute atomic E-state index is 0. The summed E-state index contributed by atoms with van der Waals surface area (Å²) >= 11 is 1.79. The fraction of sp³-hybridized carbons (Fsp3) is 0.222. The Morgan fingerprint density at radius 1 is 1.50 bits per heavy atom. The van der Waals surface area contributed by atoms with Crippen molar-refractivity contribution in [1.29, 1.82) is 0 Å². The molecule has 2 rings (SSSR count). The first-order valence-corrected chi connectivity index (χ1v) is 5.06. The van der Waals surface area contributed by atoms with E-state index in [1.807, 2.05) is 12.1 Å². The van der Waals surface area contributed by atoms with Gasteiger partial charge in [0.25, 0.3) is 0 Å². The summed E-state index contributed by atoms with van der Waals surface area (Å²) in [6.45, 7) is 0.944. The van der Waals surface area contributed by atoms with E-state index in [-0.39, 0.29) is 18.3 Å². The second-order valence-corrected chi connectivity index (χ2v) is 3.99. The summed E-state index contributed by atoms with van der Waals surface area (Å²) in [5.41, 5.74) is 6.76. The lowest BCUT2D eigenvalue weighted by atomic mass is 10.2. The van der Waals surface area contributed by atoms with Crippen molar-refractivity contribution in [3.8, 4) is 0 Å². The van der Waals surface area contributed by atoms with Crippen LogP contribution in [0.2, 0.25) is 0 Å². The minimum Gasteiger partial charge on any atom is -0.383 e. The fourth-order valence-electron chi connectivity index (χ4n) is 1.29. The van der Waals surface area contributed by atoms with E-state index >= 15 is 0 Å². The summed E-state index contributed by atoms with van der Waals surface area (Å²) in [6, 6.07) is 5.51. The number of halogens is 1. The van der Waals surface area contributed by atoms with E-state index in [4.69, 9.17) is 5.73 Å². The first kappa shape index (κ1) is 11.2. The number of rotatable bonds is 1. The standard InChI is InChI=1S/C9H10N2OS.ClH/c10-9(12)6-1-2-8-7(5-6)11-3-4-13-8;/h1-2,5,11H,3-4H2,(H2,10,12);1H. The predicted molar refractivity (Wildman–Crippen MR) is 61.4 cm³/mol. The van der Waals surface area contributed by atoms with Gasteiger partial charge in [-0.15, -0.1) is 24.2 Å². The monoisotopic (exact) mass is 230 g/mol. The number of primary amides is 1. The Balaban J connectivity index is 0.000000980. The Bertz CT molecular complexity index is 357. The van der Waals surface area contributed by atoms with Gasteiger partial charge in [0.2, 0.25) is 5.91 Å². The molecule has 0 radical (unpaired) electrons. The van der Waals surface area contributed by atoms with Crippen molar-refractivity contribution >= 4 is 35.8 Å². The summed E-state index contributed by atoms with van der Waals surface area (Å²) in [6.07, 6.45) is 0. The quantitative estimate of drug-likeness (QED) is 0.773. The van der Waals surface area contributed by atoms with E-state index in [1.165, 1.54) is 4.90 Å². The highest BCUT2D eigenvalue weighted by atomic mass is 35.5. The predicted octanol–water partition coefficient (Wildman–Crippen LogP) is 1.72. The van der Waals surface area contributed by atoms with Gasteiger partial charge in [0.05, 0.1) is 0 Å². The number of fused-ring (bicyclic) bond motifs is 1. The molecular weight excluding hydrogens is 220 g/mol. The molecule has 3 N–H and O–H groups in total. The molecule has 0 bridgehead atoms. The molecule has 76 valence electrons. The topological polar surface area (TPSA) is 55.1 Å². The van der Waals surface area contributed by atoms with Gasteiger partial charge in [-0.25, -0.2) is 0 Å². The summed E-state index contributed by atoms with van der Waals surface area (Å²) in [4.78, 5) is 12.1. The van der Waals surface area contributed by atoms with Gasteiger partial charge in [0, 0.05) is 28.4 Å². The zero-order valence-corrected chi connectivity index (χ0v) is 9.08. The number of benzene rings is 1. The molecule has 0 aliphatic carbocycles. The molecule has 0 unspecified atom stereocenters. The molecule has 1 aromatic carbocycles. The van der Waals surface area contributed by atoms with Crippen LogP contribution in [-0.2, 0) is 0 Å². The van der Waals surface area contributed by atoms with Gasteiger partial charge in [-0.05, 0) is 18.2 Å². The molecule has 0 atom stereocenters. The molecule has 0 fully saturated rings. The molecule has 1 aliphatic heterocycles. The highest BCUT2D eigenvalue weighted by Crippen LogP contribution is 2.31. The highest BCUT2D eigenvalue weighted by molar-refractivity contribution is 7.99. The Morgan fingerprint density at radius 2 is 2.29 bits per heavy atom. The summed E-state index contributed by atoms with van der Waals surface area (Å²) in [7, 11) is 0. The number of carbonyl (C=O) groups is 1. The van der Waals surface area contributed by atoms with Gasteiger partial charge in [-0.3, -0.25) is 4.79 Å². The van der Waals surface area contributed by atoms with Crippen molar-refractivity contribution in [3.05, 3.63) is 23.8 Å². The second-order valence-electron chi connectivity index (χ2n) is 2.85. The summed E-state index contributed by atoms with van der Waals surface area (Å²) < 4.78 is 0. The van der Waals surface area contributed by atoms with Gasteiger partial charge in [-0.1, -0.05) is 0 Å². The molecule has 0 spiro atoms. The van der Waals surface area contributed by atoms with Crippen molar-refractivity contribution in [2.24, 2.45) is 5.73 Å². The average molecular weight is 231 g/mol. The first-order valence-electron chi connectivity index (χ1n) is 4.08. The molecule has 1 aromatic rings. The van der Waals surface area contributed by atoms with Gasteiger partial charge in [0.15, 0.2) is 0 Å². The van der Waals surface area contributed by atoms with E-state index in [0.717, 1.165) is 18.0 Å². The number of nitrogens with two attached hydrogens (primary N) is 1. The van der Waals surface area contributed by atoms with Crippen LogP contribution in [0.3, 0.4) is 0 Å². The third kappa shape index (κ3) is 2.13. The smallest absolute Gasteiger partial charge is 0.248 e. The van der Waals surface area contributed by atoms with Crippen LogP contribution in [0.1, 0.15) is 10.4 Å². The molecule has 1 amide bonds. The van der Waals surface area contributed by atoms with E-state index in [0.29, 0.717) is 5.56 Å². The van der Waals surface area contributed by atoms with Crippen molar-refractivity contribution in [1.82, 2.24) is 0 Å². The highest BCUT2D eigenvalue weighted by Gasteiger charge is 2.10. The molecular formula is C9H11ClN2OS. The maximum atomic E-state index is 10.9. The van der Waals surface area contributed by atoms with Crippen LogP contribution >= 0.6 is 24.2 Å². The molecule has 0 saturated carbocycles. The van der Waals surface area contributed by atoms with E-state index in [1.54, 1.807) is 17.8 Å². The van der Waals surface area contributed by atoms with Gasteiger partial charge < -0.3 is 11.1 Å². The third-order valence-electron chi connectivity index (χ3n) is 1.94. The average Bonchev–Trinajstić information content (AvgIpc) is 2.17. The zero-order valence-electron chi connectivity index (χ0n) is 7.45. The summed E-state index contributed by atoms with van der Waals surface area (Å²) in [5.74, 6) is 0.698. The number of nitrogens with one attached hydrogen (secondary N) is 1. The second kappa shape index (κ2) is 4.57. The van der Waals surface area contributed by atoms with Crippen LogP contribution in [0.4, 0.5) is 5.69 Å². The Kier molecular flexibility index (Phi) is 3.66. The molecule has 5 heteroatoms. The zero-order chi connectivity index (χ0) is 9.26. The van der Waals surface area contributed by atoms with E-state index in [2.05, 4.69) is 5.32 Å². The lowest BCUT2D eigenvalue weighted by Gasteiger charge is -2.17. The van der Waals surface area contributed by atoms with Crippen LogP contribution in [0.25, 0.3) is 0 Å². The number of amides is 1. The Labute approximate surface area is 92.8 Å². The molecule has 1 heterocycles. The molecule has 1 aliphatic rings. The van der Waals surface area contributed by atoms with E-state index < -0.39 is 0 Å². The van der Waals surface area contributed by atoms with Crippen molar-refractivity contribution in [2.75, 3.05) is 17.6 Å². The lowest BCUT2D eigenvalue weighted by Crippen LogP contribution is -2.14. The van der Waals surface area contributed by atoms with Crippen molar-refractivity contribution in [2.45, 2.75) is 4.90 Å². The van der Waals surface area contributed by atoms with Gasteiger partial charge >= 0.3 is 0 Å². The Morgan fingerprint density at radius 3 is 3.00 bits per heavy atom. The summed E-state index contributed by atoms with van der Waals surface area (Å²) in [5, 5.41) is 3.23. The van der Waals surface area contributed by atoms with E-state index in [9.17, 15) is 4.79 Å². The van der Waals surface area contributed by atoms with Crippen LogP contribution in [0.5, 0.6) is 0 Å². The molecule has 0 saturated heterocycles. The minimum atomic E-state index is -0.375. The first-order chi connectivity index (χ1) is 6.27. The Hall–Kier alpha value is -0.870. The number of hydrogen-bond acceptors (Lipinski definition) is 3. The number of anilines is 1. The maximum Gasteiger partial charge on any atom is 0.248 e. The molecule has 3 nitrogen and oxygen atoms in total. The van der Waals surface area contributed by atoms with Crippen LogP contribution < -0.4 is 11.1 Å². The van der Waals surface area contributed by atoms with Crippen molar-refractivity contribution in [3.63, 3.8) is 0 Å². The van der Waals surface area contributed by atoms with Gasteiger partial charge in [0.1, 0.15) is 0 Å². The lowest BCUT2D eigenvalue weighted by molar-refractivity contribution is 0.100. The van der Waals surface area contributed by atoms with Crippen molar-refractivity contribution < 1.29 is 4.79 Å².